The average Bonchev–Trinajstić information content (AvgIpc) is 2.74. The van der Waals surface area contributed by atoms with Crippen LogP contribution in [0.4, 0.5) is 0 Å². The topological polar surface area (TPSA) is 84.9 Å². The van der Waals surface area contributed by atoms with Crippen LogP contribution in [0.1, 0.15) is 23.6 Å². The van der Waals surface area contributed by atoms with Crippen LogP contribution in [0, 0.1) is 6.92 Å². The Labute approximate surface area is 171 Å². The van der Waals surface area contributed by atoms with Gasteiger partial charge in [-0.3, -0.25) is 4.79 Å². The highest BCUT2D eigenvalue weighted by Gasteiger charge is 2.26. The predicted octanol–water partition coefficient (Wildman–Crippen LogP) is 2.27. The third-order valence-electron chi connectivity index (χ3n) is 4.89. The van der Waals surface area contributed by atoms with E-state index in [1.807, 2.05) is 6.92 Å². The summed E-state index contributed by atoms with van der Waals surface area (Å²) in [5.74, 6) is 0.550. The van der Waals surface area contributed by atoms with Gasteiger partial charge >= 0.3 is 0 Å². The van der Waals surface area contributed by atoms with E-state index in [1.165, 1.54) is 0 Å². The monoisotopic (exact) mass is 418 g/mol. The molecule has 2 aromatic carbocycles. The molecule has 7 nitrogen and oxygen atoms in total. The van der Waals surface area contributed by atoms with Crippen molar-refractivity contribution in [2.75, 3.05) is 33.4 Å². The van der Waals surface area contributed by atoms with Gasteiger partial charge in [0.1, 0.15) is 5.75 Å². The normalized spacial score (nSPS) is 15.7. The summed E-state index contributed by atoms with van der Waals surface area (Å²) in [6, 6.07) is 13.0. The van der Waals surface area contributed by atoms with Crippen molar-refractivity contribution in [1.82, 2.24) is 9.62 Å². The van der Waals surface area contributed by atoms with E-state index in [9.17, 15) is 13.2 Å². The van der Waals surface area contributed by atoms with Crippen LogP contribution in [-0.4, -0.2) is 52.6 Å². The summed E-state index contributed by atoms with van der Waals surface area (Å²) >= 11 is 0. The average molecular weight is 419 g/mol. The highest BCUT2D eigenvalue weighted by Crippen LogP contribution is 2.24. The second kappa shape index (κ2) is 9.39. The van der Waals surface area contributed by atoms with Gasteiger partial charge in [0, 0.05) is 19.5 Å². The maximum atomic E-state index is 12.9. The van der Waals surface area contributed by atoms with Gasteiger partial charge in [0.05, 0.1) is 31.3 Å². The molecule has 0 unspecified atom stereocenters. The molecule has 1 amide bonds. The molecule has 0 radical (unpaired) electrons. The Balaban J connectivity index is 1.84. The molecule has 0 aliphatic carbocycles. The van der Waals surface area contributed by atoms with Crippen molar-refractivity contribution < 1.29 is 22.7 Å². The lowest BCUT2D eigenvalue weighted by molar-refractivity contribution is -0.135. The molecule has 1 aliphatic rings. The van der Waals surface area contributed by atoms with E-state index in [0.29, 0.717) is 37.6 Å². The molecule has 0 spiro atoms. The number of amides is 1. The van der Waals surface area contributed by atoms with Crippen LogP contribution in [0.2, 0.25) is 0 Å². The number of hydrogen-bond donors (Lipinski definition) is 1. The van der Waals surface area contributed by atoms with Gasteiger partial charge in [-0.1, -0.05) is 29.8 Å². The number of morpholine rings is 1. The van der Waals surface area contributed by atoms with Crippen LogP contribution in [0.5, 0.6) is 5.75 Å². The lowest BCUT2D eigenvalue weighted by atomic mass is 10.0. The summed E-state index contributed by atoms with van der Waals surface area (Å²) in [4.78, 5) is 14.7. The Morgan fingerprint density at radius 2 is 1.72 bits per heavy atom. The molecule has 156 valence electrons. The minimum atomic E-state index is -3.79. The first-order valence-electron chi connectivity index (χ1n) is 9.47. The molecule has 1 aliphatic heterocycles. The van der Waals surface area contributed by atoms with Crippen LogP contribution >= 0.6 is 0 Å². The third-order valence-corrected chi connectivity index (χ3v) is 6.38. The predicted molar refractivity (Wildman–Crippen MR) is 109 cm³/mol. The smallest absolute Gasteiger partial charge is 0.241 e. The Morgan fingerprint density at radius 3 is 2.31 bits per heavy atom. The number of nitrogens with one attached hydrogen (secondary N) is 1. The molecular formula is C21H26N2O5S. The second-order valence-corrected chi connectivity index (χ2v) is 8.67. The third kappa shape index (κ3) is 5.56. The maximum Gasteiger partial charge on any atom is 0.241 e. The summed E-state index contributed by atoms with van der Waals surface area (Å²) in [7, 11) is -2.23. The van der Waals surface area contributed by atoms with Gasteiger partial charge < -0.3 is 14.4 Å². The number of hydrogen-bond acceptors (Lipinski definition) is 5. The van der Waals surface area contributed by atoms with Gasteiger partial charge in [-0.25, -0.2) is 13.1 Å². The highest BCUT2D eigenvalue weighted by atomic mass is 32.2. The van der Waals surface area contributed by atoms with Crippen molar-refractivity contribution in [1.29, 1.82) is 0 Å². The molecule has 29 heavy (non-hydrogen) atoms. The zero-order chi connectivity index (χ0) is 20.9. The van der Waals surface area contributed by atoms with Gasteiger partial charge in [-0.15, -0.1) is 0 Å². The largest absolute Gasteiger partial charge is 0.497 e. The first-order chi connectivity index (χ1) is 13.9. The molecule has 0 saturated carbocycles. The molecule has 2 aromatic rings. The van der Waals surface area contributed by atoms with Crippen molar-refractivity contribution in [3.05, 3.63) is 59.7 Å². The molecule has 1 saturated heterocycles. The Bertz CT molecular complexity index is 921. The lowest BCUT2D eigenvalue weighted by Gasteiger charge is -2.29. The van der Waals surface area contributed by atoms with E-state index in [1.54, 1.807) is 60.5 Å². The fraction of sp³-hybridized carbons (Fsp3) is 0.381. The lowest BCUT2D eigenvalue weighted by Crippen LogP contribution is -2.42. The van der Waals surface area contributed by atoms with Gasteiger partial charge in [-0.2, -0.15) is 0 Å². The standard InChI is InChI=1S/C21H26N2O5S/c1-16-3-9-19(10-4-16)29(25,26)22-20(17-5-7-18(27-2)8-6-17)15-21(24)23-11-13-28-14-12-23/h3-10,20,22H,11-15H2,1-2H3/t20-/m1/s1. The van der Waals surface area contributed by atoms with Crippen LogP contribution in [0.15, 0.2) is 53.4 Å². The molecule has 1 N–H and O–H groups in total. The molecule has 1 fully saturated rings. The molecule has 1 heterocycles. The quantitative estimate of drug-likeness (QED) is 0.746. The minimum absolute atomic E-state index is 0.0252. The molecule has 1 atom stereocenters. The summed E-state index contributed by atoms with van der Waals surface area (Å²) in [6.07, 6.45) is 0.0252. The molecular weight excluding hydrogens is 392 g/mol. The number of aryl methyl sites for hydroxylation is 1. The van der Waals surface area contributed by atoms with Crippen molar-refractivity contribution in [2.45, 2.75) is 24.3 Å². The van der Waals surface area contributed by atoms with E-state index >= 15 is 0 Å². The number of rotatable bonds is 7. The first-order valence-corrected chi connectivity index (χ1v) is 11.0. The second-order valence-electron chi connectivity index (χ2n) is 6.96. The fourth-order valence-corrected chi connectivity index (χ4v) is 4.38. The molecule has 0 bridgehead atoms. The summed E-state index contributed by atoms with van der Waals surface area (Å²) < 4.78 is 39.0. The van der Waals surface area contributed by atoms with E-state index < -0.39 is 16.1 Å². The van der Waals surface area contributed by atoms with Gasteiger partial charge in [0.15, 0.2) is 0 Å². The number of carbonyl (C=O) groups excluding carboxylic acids is 1. The van der Waals surface area contributed by atoms with Crippen LogP contribution < -0.4 is 9.46 Å². The van der Waals surface area contributed by atoms with Crippen molar-refractivity contribution in [3.63, 3.8) is 0 Å². The Morgan fingerprint density at radius 1 is 1.10 bits per heavy atom. The van der Waals surface area contributed by atoms with Crippen LogP contribution in [-0.2, 0) is 19.6 Å². The van der Waals surface area contributed by atoms with E-state index in [0.717, 1.165) is 5.56 Å². The van der Waals surface area contributed by atoms with Gasteiger partial charge in [0.25, 0.3) is 0 Å². The Hall–Kier alpha value is -2.42. The summed E-state index contributed by atoms with van der Waals surface area (Å²) in [6.45, 7) is 3.91. The fourth-order valence-electron chi connectivity index (χ4n) is 3.15. The van der Waals surface area contributed by atoms with E-state index in [2.05, 4.69) is 4.72 Å². The Kier molecular flexibility index (Phi) is 6.89. The van der Waals surface area contributed by atoms with Crippen LogP contribution in [0.3, 0.4) is 0 Å². The number of methoxy groups -OCH3 is 1. The van der Waals surface area contributed by atoms with E-state index in [-0.39, 0.29) is 17.2 Å². The van der Waals surface area contributed by atoms with Crippen molar-refractivity contribution >= 4 is 15.9 Å². The number of nitrogens with zero attached hydrogens (tertiary/aromatic N) is 1. The molecule has 3 rings (SSSR count). The number of benzene rings is 2. The molecule has 0 aromatic heterocycles. The number of ether oxygens (including phenoxy) is 2. The SMILES string of the molecule is COc1ccc([C@@H](CC(=O)N2CCOCC2)NS(=O)(=O)c2ccc(C)cc2)cc1. The van der Waals surface area contributed by atoms with E-state index in [4.69, 9.17) is 9.47 Å². The van der Waals surface area contributed by atoms with Crippen molar-refractivity contribution in [3.8, 4) is 5.75 Å². The number of sulfonamides is 1. The van der Waals surface area contributed by atoms with Crippen LogP contribution in [0.25, 0.3) is 0 Å². The highest BCUT2D eigenvalue weighted by molar-refractivity contribution is 7.89. The zero-order valence-electron chi connectivity index (χ0n) is 16.6. The first kappa shape index (κ1) is 21.3. The van der Waals surface area contributed by atoms with Gasteiger partial charge in [-0.05, 0) is 36.8 Å². The zero-order valence-corrected chi connectivity index (χ0v) is 17.4. The van der Waals surface area contributed by atoms with Gasteiger partial charge in [0.2, 0.25) is 15.9 Å². The maximum absolute atomic E-state index is 12.9. The minimum Gasteiger partial charge on any atom is -0.497 e. The number of carbonyl (C=O) groups is 1. The summed E-state index contributed by atoms with van der Waals surface area (Å²) in [5, 5.41) is 0. The van der Waals surface area contributed by atoms with Crippen molar-refractivity contribution in [2.24, 2.45) is 0 Å². The summed E-state index contributed by atoms with van der Waals surface area (Å²) in [5.41, 5.74) is 1.67. The molecule has 8 heteroatoms.